The largest absolute Gasteiger partial charge is 0.454 e. The molecule has 0 amide bonds. The molecular formula is C9H19ClN2O2. The van der Waals surface area contributed by atoms with Gasteiger partial charge < -0.3 is 15.8 Å². The van der Waals surface area contributed by atoms with E-state index in [0.717, 1.165) is 19.5 Å². The Hall–Kier alpha value is -0.320. The molecule has 1 aliphatic heterocycles. The summed E-state index contributed by atoms with van der Waals surface area (Å²) in [6.07, 6.45) is 3.27. The van der Waals surface area contributed by atoms with Gasteiger partial charge in [-0.1, -0.05) is 6.92 Å². The van der Waals surface area contributed by atoms with Gasteiger partial charge in [0, 0.05) is 24.2 Å². The fourth-order valence-corrected chi connectivity index (χ4v) is 1.14. The van der Waals surface area contributed by atoms with E-state index in [1.165, 1.54) is 12.8 Å². The first-order chi connectivity index (χ1) is 6.66. The van der Waals surface area contributed by atoms with Crippen LogP contribution in [0.15, 0.2) is 0 Å². The van der Waals surface area contributed by atoms with Crippen molar-refractivity contribution in [3.05, 3.63) is 0 Å². The van der Waals surface area contributed by atoms with Crippen LogP contribution >= 0.6 is 11.6 Å². The molecule has 0 radical (unpaired) electrons. The highest BCUT2D eigenvalue weighted by atomic mass is 35.5. The number of carbonyl (C=O) groups is 1. The Morgan fingerprint density at radius 2 is 2.43 bits per heavy atom. The average Bonchev–Trinajstić information content (AvgIpc) is 2.17. The first kappa shape index (κ1) is 13.7. The van der Waals surface area contributed by atoms with E-state index in [1.54, 1.807) is 0 Å². The Morgan fingerprint density at radius 1 is 1.71 bits per heavy atom. The molecule has 0 aromatic carbocycles. The summed E-state index contributed by atoms with van der Waals surface area (Å²) in [7, 11) is 0. The van der Waals surface area contributed by atoms with Crippen molar-refractivity contribution in [2.75, 3.05) is 19.7 Å². The molecule has 1 atom stereocenters. The zero-order valence-electron chi connectivity index (χ0n) is 8.59. The van der Waals surface area contributed by atoms with Crippen molar-refractivity contribution in [2.24, 2.45) is 5.73 Å². The van der Waals surface area contributed by atoms with Gasteiger partial charge in [0.25, 0.3) is 0 Å². The molecule has 4 nitrogen and oxygen atoms in total. The fraction of sp³-hybridized carbons (Fsp3) is 0.889. The van der Waals surface area contributed by atoms with Crippen LogP contribution in [0.2, 0.25) is 0 Å². The lowest BCUT2D eigenvalue weighted by Crippen LogP contribution is -2.39. The number of rotatable bonds is 2. The van der Waals surface area contributed by atoms with Gasteiger partial charge >= 0.3 is 5.43 Å². The number of ether oxygens (including phenoxy) is 1. The second-order valence-corrected chi connectivity index (χ2v) is 3.50. The van der Waals surface area contributed by atoms with Crippen LogP contribution in [0.3, 0.4) is 0 Å². The number of nitrogens with one attached hydrogen (secondary N) is 1. The monoisotopic (exact) mass is 222 g/mol. The predicted molar refractivity (Wildman–Crippen MR) is 57.6 cm³/mol. The van der Waals surface area contributed by atoms with Gasteiger partial charge in [0.2, 0.25) is 0 Å². The van der Waals surface area contributed by atoms with Crippen LogP contribution in [0.25, 0.3) is 0 Å². The van der Waals surface area contributed by atoms with E-state index in [-0.39, 0.29) is 0 Å². The van der Waals surface area contributed by atoms with Gasteiger partial charge in [-0.25, -0.2) is 4.79 Å². The van der Waals surface area contributed by atoms with E-state index in [0.29, 0.717) is 12.6 Å². The molecular weight excluding hydrogens is 204 g/mol. The van der Waals surface area contributed by atoms with Crippen molar-refractivity contribution in [3.63, 3.8) is 0 Å². The number of carbonyl (C=O) groups excluding carboxylic acids is 1. The molecule has 1 fully saturated rings. The van der Waals surface area contributed by atoms with Crippen molar-refractivity contribution in [1.82, 2.24) is 5.32 Å². The van der Waals surface area contributed by atoms with Gasteiger partial charge in [0.05, 0.1) is 6.61 Å². The maximum Gasteiger partial charge on any atom is 0.403 e. The minimum absolute atomic E-state index is 0.419. The molecule has 0 aromatic heterocycles. The van der Waals surface area contributed by atoms with Gasteiger partial charge in [0.15, 0.2) is 0 Å². The smallest absolute Gasteiger partial charge is 0.403 e. The highest BCUT2D eigenvalue weighted by Gasteiger charge is 2.05. The van der Waals surface area contributed by atoms with E-state index in [9.17, 15) is 4.79 Å². The van der Waals surface area contributed by atoms with Crippen molar-refractivity contribution in [3.8, 4) is 0 Å². The quantitative estimate of drug-likeness (QED) is 0.695. The Morgan fingerprint density at radius 3 is 2.64 bits per heavy atom. The van der Waals surface area contributed by atoms with Crippen LogP contribution in [0.5, 0.6) is 0 Å². The van der Waals surface area contributed by atoms with Crippen molar-refractivity contribution < 1.29 is 9.53 Å². The highest BCUT2D eigenvalue weighted by Crippen LogP contribution is 1.96. The van der Waals surface area contributed by atoms with E-state index >= 15 is 0 Å². The van der Waals surface area contributed by atoms with Gasteiger partial charge in [-0.3, -0.25) is 0 Å². The predicted octanol–water partition coefficient (Wildman–Crippen LogP) is 1.47. The van der Waals surface area contributed by atoms with E-state index in [4.69, 9.17) is 17.3 Å². The topological polar surface area (TPSA) is 64.3 Å². The summed E-state index contributed by atoms with van der Waals surface area (Å²) in [5.74, 6) is 0. The third-order valence-electron chi connectivity index (χ3n) is 1.75. The Kier molecular flexibility index (Phi) is 9.03. The maximum absolute atomic E-state index is 9.75. The molecule has 1 saturated heterocycles. The molecule has 1 aliphatic rings. The zero-order valence-corrected chi connectivity index (χ0v) is 9.35. The standard InChI is InChI=1S/C5H12N2.C4H7ClO2/c6-5-2-1-3-7-4-5;1-2-3-7-4(5)6/h5,7H,1-4,6H2;2-3H2,1H3. The summed E-state index contributed by atoms with van der Waals surface area (Å²) >= 11 is 4.80. The molecule has 0 aromatic rings. The van der Waals surface area contributed by atoms with Gasteiger partial charge in [0.1, 0.15) is 0 Å². The summed E-state index contributed by atoms with van der Waals surface area (Å²) in [5, 5.41) is 3.21. The second kappa shape index (κ2) is 9.24. The zero-order chi connectivity index (χ0) is 10.8. The van der Waals surface area contributed by atoms with Crippen LogP contribution < -0.4 is 11.1 Å². The first-order valence-corrected chi connectivity index (χ1v) is 5.33. The van der Waals surface area contributed by atoms with Crippen molar-refractivity contribution >= 4 is 17.0 Å². The van der Waals surface area contributed by atoms with E-state index < -0.39 is 5.43 Å². The minimum atomic E-state index is -0.721. The summed E-state index contributed by atoms with van der Waals surface area (Å²) in [5.41, 5.74) is 4.85. The van der Waals surface area contributed by atoms with Crippen LogP contribution in [0, 0.1) is 0 Å². The second-order valence-electron chi connectivity index (χ2n) is 3.19. The molecule has 14 heavy (non-hydrogen) atoms. The molecule has 0 bridgehead atoms. The average molecular weight is 223 g/mol. The third-order valence-corrected chi connectivity index (χ3v) is 1.86. The SMILES string of the molecule is CCCOC(=O)Cl.NC1CCCNC1. The fourth-order valence-electron chi connectivity index (χ4n) is 1.06. The Labute approximate surface area is 90.1 Å². The lowest BCUT2D eigenvalue weighted by molar-refractivity contribution is 0.173. The highest BCUT2D eigenvalue weighted by molar-refractivity contribution is 6.61. The van der Waals surface area contributed by atoms with E-state index in [2.05, 4.69) is 10.1 Å². The summed E-state index contributed by atoms with van der Waals surface area (Å²) < 4.78 is 4.32. The number of halogens is 1. The van der Waals surface area contributed by atoms with Crippen molar-refractivity contribution in [1.29, 1.82) is 0 Å². The van der Waals surface area contributed by atoms with Crippen LogP contribution in [0.4, 0.5) is 4.79 Å². The first-order valence-electron chi connectivity index (χ1n) is 4.95. The number of hydrogen-bond acceptors (Lipinski definition) is 4. The third kappa shape index (κ3) is 9.77. The molecule has 5 heteroatoms. The summed E-state index contributed by atoms with van der Waals surface area (Å²) in [6, 6.07) is 0.425. The van der Waals surface area contributed by atoms with E-state index in [1.807, 2.05) is 6.92 Å². The molecule has 84 valence electrons. The number of hydrogen-bond donors (Lipinski definition) is 2. The van der Waals surface area contributed by atoms with Gasteiger partial charge in [-0.2, -0.15) is 0 Å². The molecule has 0 saturated carbocycles. The molecule has 1 rings (SSSR count). The Balaban J connectivity index is 0.000000241. The molecule has 0 aliphatic carbocycles. The molecule has 1 heterocycles. The number of piperidine rings is 1. The lowest BCUT2D eigenvalue weighted by atomic mass is 10.1. The number of nitrogens with two attached hydrogens (primary N) is 1. The Bertz CT molecular complexity index is 150. The van der Waals surface area contributed by atoms with Crippen LogP contribution in [-0.2, 0) is 4.74 Å². The van der Waals surface area contributed by atoms with Gasteiger partial charge in [-0.15, -0.1) is 0 Å². The summed E-state index contributed by atoms with van der Waals surface area (Å²) in [4.78, 5) is 9.75. The molecule has 0 spiro atoms. The normalized spacial score (nSPS) is 20.6. The maximum atomic E-state index is 9.75. The van der Waals surface area contributed by atoms with Crippen molar-refractivity contribution in [2.45, 2.75) is 32.2 Å². The van der Waals surface area contributed by atoms with Gasteiger partial charge in [-0.05, 0) is 25.8 Å². The minimum Gasteiger partial charge on any atom is -0.454 e. The van der Waals surface area contributed by atoms with Crippen LogP contribution in [-0.4, -0.2) is 31.2 Å². The molecule has 3 N–H and O–H groups in total. The van der Waals surface area contributed by atoms with Crippen LogP contribution in [0.1, 0.15) is 26.2 Å². The summed E-state index contributed by atoms with van der Waals surface area (Å²) in [6.45, 7) is 4.50. The lowest BCUT2D eigenvalue weighted by Gasteiger charge is -2.17. The molecule has 1 unspecified atom stereocenters.